The van der Waals surface area contributed by atoms with Gasteiger partial charge in [0.1, 0.15) is 0 Å². The van der Waals surface area contributed by atoms with Crippen LogP contribution in [0.2, 0.25) is 5.02 Å². The molecule has 0 aromatic heterocycles. The summed E-state index contributed by atoms with van der Waals surface area (Å²) in [6.07, 6.45) is 1.36. The highest BCUT2D eigenvalue weighted by Gasteiger charge is 2.17. The van der Waals surface area contributed by atoms with Crippen molar-refractivity contribution < 1.29 is 23.4 Å². The highest BCUT2D eigenvalue weighted by Crippen LogP contribution is 2.19. The third-order valence-electron chi connectivity index (χ3n) is 3.42. The van der Waals surface area contributed by atoms with Crippen LogP contribution in [0, 0.1) is 12.7 Å². The molecule has 0 unspecified atom stereocenters. The number of halogens is 3. The van der Waals surface area contributed by atoms with Crippen LogP contribution < -0.4 is 0 Å². The molecule has 2 aromatic carbocycles. The number of hydrazone groups is 1. The van der Waals surface area contributed by atoms with Crippen molar-refractivity contribution in [1.82, 2.24) is 5.01 Å². The summed E-state index contributed by atoms with van der Waals surface area (Å²) in [6.45, 7) is 1.68. The average molecular weight is 367 g/mol. The maximum Gasteiger partial charge on any atom is 0.379 e. The monoisotopic (exact) mass is 366 g/mol. The Bertz CT molecular complexity index is 856. The molecule has 0 atom stereocenters. The quantitative estimate of drug-likeness (QED) is 0.608. The van der Waals surface area contributed by atoms with E-state index in [1.807, 2.05) is 0 Å². The van der Waals surface area contributed by atoms with Crippen LogP contribution in [0.25, 0.3) is 0 Å². The summed E-state index contributed by atoms with van der Waals surface area (Å²) >= 11 is 5.66. The lowest BCUT2D eigenvalue weighted by Crippen LogP contribution is -2.22. The van der Waals surface area contributed by atoms with E-state index in [4.69, 9.17) is 11.6 Å². The molecule has 25 heavy (non-hydrogen) atoms. The molecule has 2 aromatic rings. The van der Waals surface area contributed by atoms with Gasteiger partial charge in [0.05, 0.1) is 22.4 Å². The van der Waals surface area contributed by atoms with Gasteiger partial charge in [0.2, 0.25) is 0 Å². The second kappa shape index (κ2) is 7.85. The van der Waals surface area contributed by atoms with E-state index in [-0.39, 0.29) is 16.1 Å². The number of hydrogen-bond donors (Lipinski definition) is 0. The summed E-state index contributed by atoms with van der Waals surface area (Å²) in [5.74, 6) is -2.59. The summed E-state index contributed by atoms with van der Waals surface area (Å²) in [4.78, 5) is 26.5. The predicted molar refractivity (Wildman–Crippen MR) is 88.8 cm³/mol. The first-order chi connectivity index (χ1) is 11.8. The van der Waals surface area contributed by atoms with E-state index in [9.17, 15) is 18.5 Å². The number of rotatable bonds is 4. The van der Waals surface area contributed by atoms with Gasteiger partial charge in [0, 0.05) is 11.6 Å². The van der Waals surface area contributed by atoms with Crippen molar-refractivity contribution in [2.24, 2.45) is 5.10 Å². The first-order valence-corrected chi connectivity index (χ1v) is 7.42. The summed E-state index contributed by atoms with van der Waals surface area (Å²) in [7, 11) is 1.36. The number of carbonyl (C=O) groups excluding carboxylic acids is 2. The van der Waals surface area contributed by atoms with Gasteiger partial charge in [-0.25, -0.2) is 19.1 Å². The van der Waals surface area contributed by atoms with E-state index in [1.165, 1.54) is 49.7 Å². The van der Waals surface area contributed by atoms with Gasteiger partial charge < -0.3 is 0 Å². The lowest BCUT2D eigenvalue weighted by Gasteiger charge is -2.12. The molecule has 2 rings (SSSR count). The zero-order valence-corrected chi connectivity index (χ0v) is 14.1. The molecule has 0 radical (unpaired) electrons. The lowest BCUT2D eigenvalue weighted by atomic mass is 10.1. The first-order valence-electron chi connectivity index (χ1n) is 7.04. The van der Waals surface area contributed by atoms with E-state index < -0.39 is 17.7 Å². The lowest BCUT2D eigenvalue weighted by molar-refractivity contribution is -0.0788. The van der Waals surface area contributed by atoms with Crippen molar-refractivity contribution in [3.8, 4) is 0 Å². The zero-order chi connectivity index (χ0) is 18.6. The molecule has 130 valence electrons. The highest BCUT2D eigenvalue weighted by molar-refractivity contribution is 6.31. The SMILES string of the molecule is Cc1cc(C(=O)OF)ccc1/C=N/N(C)C(=O)c1cccc(Cl)c1F. The highest BCUT2D eigenvalue weighted by atomic mass is 35.5. The van der Waals surface area contributed by atoms with Crippen molar-refractivity contribution >= 4 is 29.7 Å². The molecule has 5 nitrogen and oxygen atoms in total. The summed E-state index contributed by atoms with van der Waals surface area (Å²) < 4.78 is 25.8. The number of carbonyl (C=O) groups is 2. The van der Waals surface area contributed by atoms with Crippen LogP contribution in [0.4, 0.5) is 8.92 Å². The Morgan fingerprint density at radius 3 is 2.64 bits per heavy atom. The molecule has 0 aliphatic heterocycles. The van der Waals surface area contributed by atoms with Crippen molar-refractivity contribution in [3.05, 3.63) is 69.5 Å². The molecule has 0 spiro atoms. The molecular formula is C17H13ClF2N2O3. The largest absolute Gasteiger partial charge is 0.379 e. The predicted octanol–water partition coefficient (Wildman–Crippen LogP) is 3.93. The van der Waals surface area contributed by atoms with E-state index in [2.05, 4.69) is 10.0 Å². The Balaban J connectivity index is 2.19. The minimum Gasteiger partial charge on any atom is -0.267 e. The van der Waals surface area contributed by atoms with Crippen LogP contribution >= 0.6 is 11.6 Å². The minimum atomic E-state index is -1.10. The van der Waals surface area contributed by atoms with Crippen LogP contribution in [0.3, 0.4) is 0 Å². The van der Waals surface area contributed by atoms with Crippen molar-refractivity contribution in [2.75, 3.05) is 7.05 Å². The molecule has 1 amide bonds. The van der Waals surface area contributed by atoms with Crippen molar-refractivity contribution in [1.29, 1.82) is 0 Å². The topological polar surface area (TPSA) is 59.0 Å². The molecule has 0 fully saturated rings. The zero-order valence-electron chi connectivity index (χ0n) is 13.3. The van der Waals surface area contributed by atoms with Crippen LogP contribution in [0.5, 0.6) is 0 Å². The van der Waals surface area contributed by atoms with Gasteiger partial charge in [0.25, 0.3) is 5.91 Å². The Morgan fingerprint density at radius 2 is 2.00 bits per heavy atom. The van der Waals surface area contributed by atoms with Gasteiger partial charge in [0.15, 0.2) is 5.82 Å². The van der Waals surface area contributed by atoms with Crippen LogP contribution in [0.1, 0.15) is 31.8 Å². The van der Waals surface area contributed by atoms with Crippen LogP contribution in [0.15, 0.2) is 41.5 Å². The summed E-state index contributed by atoms with van der Waals surface area (Å²) in [6, 6.07) is 8.39. The van der Waals surface area contributed by atoms with E-state index in [1.54, 1.807) is 6.92 Å². The maximum atomic E-state index is 13.9. The normalized spacial score (nSPS) is 10.8. The van der Waals surface area contributed by atoms with Gasteiger partial charge in [-0.2, -0.15) is 5.10 Å². The van der Waals surface area contributed by atoms with Gasteiger partial charge in [-0.1, -0.05) is 23.7 Å². The fraction of sp³-hybridized carbons (Fsp3) is 0.118. The molecule has 8 heteroatoms. The number of aryl methyl sites for hydroxylation is 1. The fourth-order valence-electron chi connectivity index (χ4n) is 2.04. The summed E-state index contributed by atoms with van der Waals surface area (Å²) in [5.41, 5.74) is 1.04. The Labute approximate surface area is 147 Å². The first kappa shape index (κ1) is 18.5. The molecule has 0 saturated heterocycles. The number of amides is 1. The van der Waals surface area contributed by atoms with Crippen molar-refractivity contribution in [2.45, 2.75) is 6.92 Å². The van der Waals surface area contributed by atoms with E-state index in [0.29, 0.717) is 11.1 Å². The average Bonchev–Trinajstić information content (AvgIpc) is 2.61. The van der Waals surface area contributed by atoms with E-state index >= 15 is 0 Å². The maximum absolute atomic E-state index is 13.9. The summed E-state index contributed by atoms with van der Waals surface area (Å²) in [5, 5.41) is 4.75. The van der Waals surface area contributed by atoms with Gasteiger partial charge in [-0.3, -0.25) is 4.79 Å². The molecular weight excluding hydrogens is 354 g/mol. The number of hydrogen-bond acceptors (Lipinski definition) is 4. The van der Waals surface area contributed by atoms with Gasteiger partial charge >= 0.3 is 5.97 Å². The third-order valence-corrected chi connectivity index (χ3v) is 3.71. The smallest absolute Gasteiger partial charge is 0.267 e. The molecule has 0 N–H and O–H groups in total. The fourth-order valence-corrected chi connectivity index (χ4v) is 2.21. The molecule has 0 saturated carbocycles. The van der Waals surface area contributed by atoms with Crippen molar-refractivity contribution in [3.63, 3.8) is 0 Å². The van der Waals surface area contributed by atoms with Crippen LogP contribution in [-0.4, -0.2) is 30.1 Å². The van der Waals surface area contributed by atoms with Gasteiger partial charge in [-0.15, -0.1) is 0 Å². The molecule has 0 aliphatic rings. The third kappa shape index (κ3) is 4.19. The Kier molecular flexibility index (Phi) is 5.82. The molecule has 0 heterocycles. The second-order valence-corrected chi connectivity index (χ2v) is 5.52. The Hall–Kier alpha value is -2.80. The molecule has 0 aliphatic carbocycles. The number of nitrogens with zero attached hydrogens (tertiary/aromatic N) is 2. The Morgan fingerprint density at radius 1 is 1.28 bits per heavy atom. The second-order valence-electron chi connectivity index (χ2n) is 5.11. The van der Waals surface area contributed by atoms with E-state index in [0.717, 1.165) is 5.01 Å². The van der Waals surface area contributed by atoms with Gasteiger partial charge in [-0.05, 0) is 42.3 Å². The minimum absolute atomic E-state index is 0.0441. The number of benzene rings is 2. The van der Waals surface area contributed by atoms with Crippen LogP contribution in [-0.2, 0) is 4.94 Å². The molecule has 0 bridgehead atoms. The standard InChI is InChI=1S/C17H13ClF2N2O3/c1-10-8-11(17(24)25-20)6-7-12(10)9-21-22(2)16(23)13-4-3-5-14(18)15(13)19/h3-9H,1-2H3/b21-9+.